The van der Waals surface area contributed by atoms with Gasteiger partial charge in [0.25, 0.3) is 5.91 Å². The molecule has 33 heavy (non-hydrogen) atoms. The number of carbonyl (C=O) groups excluding carboxylic acids is 1. The first kappa shape index (κ1) is 20.4. The van der Waals surface area contributed by atoms with Gasteiger partial charge in [-0.15, -0.1) is 5.10 Å². The molecule has 9 heteroatoms. The van der Waals surface area contributed by atoms with E-state index < -0.39 is 6.10 Å². The van der Waals surface area contributed by atoms with Crippen LogP contribution in [-0.4, -0.2) is 66.3 Å². The van der Waals surface area contributed by atoms with E-state index >= 15 is 0 Å². The van der Waals surface area contributed by atoms with Crippen molar-refractivity contribution < 1.29 is 9.90 Å². The monoisotopic (exact) mass is 445 g/mol. The average Bonchev–Trinajstić information content (AvgIpc) is 3.38. The number of piperidine rings is 1. The number of aliphatic hydroxyl groups excluding tert-OH is 1. The predicted octanol–water partition coefficient (Wildman–Crippen LogP) is 1.41. The van der Waals surface area contributed by atoms with E-state index in [1.54, 1.807) is 6.33 Å². The number of aliphatic hydroxyl groups is 1. The van der Waals surface area contributed by atoms with Gasteiger partial charge in [-0.3, -0.25) is 9.78 Å². The molecule has 3 aromatic rings. The molecular formula is C24H27N7O2. The van der Waals surface area contributed by atoms with Crippen molar-refractivity contribution >= 4 is 5.91 Å². The van der Waals surface area contributed by atoms with Crippen LogP contribution in [-0.2, 0) is 6.42 Å². The number of nitrogens with one attached hydrogen (secondary N) is 1. The molecule has 0 bridgehead atoms. The van der Waals surface area contributed by atoms with Gasteiger partial charge in [-0.2, -0.15) is 0 Å². The Kier molecular flexibility index (Phi) is 5.15. The zero-order chi connectivity index (χ0) is 22.4. The summed E-state index contributed by atoms with van der Waals surface area (Å²) >= 11 is 0. The lowest BCUT2D eigenvalue weighted by Gasteiger charge is -2.21. The van der Waals surface area contributed by atoms with E-state index in [4.69, 9.17) is 0 Å². The van der Waals surface area contributed by atoms with Gasteiger partial charge in [0, 0.05) is 43.2 Å². The number of amides is 1. The molecule has 3 fully saturated rings. The van der Waals surface area contributed by atoms with Gasteiger partial charge in [0.1, 0.15) is 12.0 Å². The zero-order valence-electron chi connectivity index (χ0n) is 18.2. The minimum Gasteiger partial charge on any atom is -0.387 e. The number of aromatic nitrogens is 5. The fourth-order valence-corrected chi connectivity index (χ4v) is 5.62. The number of rotatable bonds is 6. The number of carbonyl (C=O) groups is 1. The summed E-state index contributed by atoms with van der Waals surface area (Å²) < 4.78 is 1.81. The molecule has 6 rings (SSSR count). The summed E-state index contributed by atoms with van der Waals surface area (Å²) in [5.41, 5.74) is 2.54. The topological polar surface area (TPSA) is 109 Å². The normalized spacial score (nSPS) is 29.1. The van der Waals surface area contributed by atoms with Crippen LogP contribution in [0.25, 0.3) is 0 Å². The second-order valence-electron chi connectivity index (χ2n) is 9.48. The molecule has 3 aliphatic rings. The lowest BCUT2D eigenvalue weighted by atomic mass is 10.0. The molecule has 0 unspecified atom stereocenters. The number of likely N-dealkylation sites (tertiary alicyclic amines) is 1. The Morgan fingerprint density at radius 1 is 1.12 bits per heavy atom. The molecule has 2 N–H and O–H groups in total. The molecule has 6 atom stereocenters. The molecule has 1 aliphatic carbocycles. The third-order valence-electron chi connectivity index (χ3n) is 7.43. The maximum Gasteiger partial charge on any atom is 0.272 e. The van der Waals surface area contributed by atoms with Crippen molar-refractivity contribution in [2.45, 2.75) is 43.5 Å². The lowest BCUT2D eigenvalue weighted by molar-refractivity contribution is 0.0761. The Morgan fingerprint density at radius 2 is 1.94 bits per heavy atom. The molecule has 170 valence electrons. The van der Waals surface area contributed by atoms with Gasteiger partial charge >= 0.3 is 0 Å². The van der Waals surface area contributed by atoms with Gasteiger partial charge in [0.15, 0.2) is 0 Å². The molecule has 9 nitrogen and oxygen atoms in total. The quantitative estimate of drug-likeness (QED) is 0.590. The van der Waals surface area contributed by atoms with E-state index in [1.165, 1.54) is 0 Å². The van der Waals surface area contributed by atoms with Crippen LogP contribution in [0.3, 0.4) is 0 Å². The molecule has 2 saturated heterocycles. The summed E-state index contributed by atoms with van der Waals surface area (Å²) in [6.45, 7) is 1.46. The van der Waals surface area contributed by atoms with Crippen LogP contribution >= 0.6 is 0 Å². The summed E-state index contributed by atoms with van der Waals surface area (Å²) in [6, 6.07) is 14.3. The number of benzene rings is 1. The number of fused-ring (bicyclic) bond motifs is 1. The highest BCUT2D eigenvalue weighted by Gasteiger charge is 2.58. The van der Waals surface area contributed by atoms with Gasteiger partial charge in [-0.1, -0.05) is 36.4 Å². The first-order valence-electron chi connectivity index (χ1n) is 11.6. The summed E-state index contributed by atoms with van der Waals surface area (Å²) in [7, 11) is 0. The number of hydrogen-bond donors (Lipinski definition) is 2. The van der Waals surface area contributed by atoms with Crippen molar-refractivity contribution in [1.82, 2.24) is 35.4 Å². The van der Waals surface area contributed by atoms with Crippen molar-refractivity contribution in [2.75, 3.05) is 13.1 Å². The Morgan fingerprint density at radius 3 is 2.64 bits per heavy atom. The lowest BCUT2D eigenvalue weighted by Crippen LogP contribution is -2.35. The Labute approximate surface area is 191 Å². The molecule has 2 aliphatic heterocycles. The number of tetrazole rings is 1. The molecule has 1 aromatic carbocycles. The minimum absolute atomic E-state index is 0.00532. The van der Waals surface area contributed by atoms with Crippen LogP contribution in [0.4, 0.5) is 0 Å². The first-order chi connectivity index (χ1) is 16.2. The summed E-state index contributed by atoms with van der Waals surface area (Å²) in [5.74, 6) is 0.864. The van der Waals surface area contributed by atoms with E-state index in [-0.39, 0.29) is 11.9 Å². The molecule has 0 radical (unpaired) electrons. The Balaban J connectivity index is 1.02. The number of hydrogen-bond acceptors (Lipinski definition) is 7. The standard InChI is InChI=1S/C24H27N7O2/c32-23(16-4-2-1-3-5-16)20-9-7-17(27-20)10-15-6-8-21(25-11-15)24(33)30-12-18-19(13-30)22(18)31-14-26-28-29-31/h1-6,8,11,14,17-20,22-23,27,32H,7,9-10,12-13H2/t17-,18-,19+,20+,22-,23+/m0/s1. The van der Waals surface area contributed by atoms with E-state index in [0.717, 1.165) is 43.5 Å². The van der Waals surface area contributed by atoms with Crippen LogP contribution < -0.4 is 5.32 Å². The minimum atomic E-state index is -0.499. The maximum absolute atomic E-state index is 12.9. The van der Waals surface area contributed by atoms with Gasteiger partial charge in [-0.25, -0.2) is 4.68 Å². The maximum atomic E-state index is 12.9. The predicted molar refractivity (Wildman–Crippen MR) is 119 cm³/mol. The van der Waals surface area contributed by atoms with Crippen LogP contribution in [0.2, 0.25) is 0 Å². The molecule has 0 spiro atoms. The summed E-state index contributed by atoms with van der Waals surface area (Å²) in [4.78, 5) is 19.3. The van der Waals surface area contributed by atoms with E-state index in [0.29, 0.717) is 29.6 Å². The third-order valence-corrected chi connectivity index (χ3v) is 7.43. The second kappa shape index (κ2) is 8.31. The summed E-state index contributed by atoms with van der Waals surface area (Å²) in [5, 5.41) is 25.7. The molecule has 1 saturated carbocycles. The van der Waals surface area contributed by atoms with Crippen LogP contribution in [0.1, 0.15) is 46.6 Å². The largest absolute Gasteiger partial charge is 0.387 e. The molecule has 4 heterocycles. The van der Waals surface area contributed by atoms with Gasteiger partial charge < -0.3 is 15.3 Å². The molecule has 2 aromatic heterocycles. The van der Waals surface area contributed by atoms with E-state index in [2.05, 4.69) is 25.8 Å². The highest BCUT2D eigenvalue weighted by molar-refractivity contribution is 5.92. The number of nitrogens with zero attached hydrogens (tertiary/aromatic N) is 6. The fourth-order valence-electron chi connectivity index (χ4n) is 5.62. The highest BCUT2D eigenvalue weighted by Crippen LogP contribution is 2.54. The first-order valence-corrected chi connectivity index (χ1v) is 11.6. The SMILES string of the molecule is O=C(c1ccc(C[C@@H]2CC[C@H]([C@H](O)c3ccccc3)N2)cn1)N1C[C@@H]2[C@H](C1)[C@@H]2n1cnnn1. The van der Waals surface area contributed by atoms with Crippen molar-refractivity contribution in [1.29, 1.82) is 0 Å². The van der Waals surface area contributed by atoms with Crippen molar-refractivity contribution in [3.63, 3.8) is 0 Å². The van der Waals surface area contributed by atoms with Crippen LogP contribution in [0.15, 0.2) is 55.0 Å². The van der Waals surface area contributed by atoms with Gasteiger partial charge in [0.05, 0.1) is 12.1 Å². The van der Waals surface area contributed by atoms with E-state index in [9.17, 15) is 9.90 Å². The Bertz CT molecular complexity index is 1090. The molecular weight excluding hydrogens is 418 g/mol. The van der Waals surface area contributed by atoms with Crippen molar-refractivity contribution in [3.05, 3.63) is 71.8 Å². The third kappa shape index (κ3) is 3.91. The van der Waals surface area contributed by atoms with Crippen LogP contribution in [0.5, 0.6) is 0 Å². The Hall–Kier alpha value is -3.17. The van der Waals surface area contributed by atoms with Gasteiger partial charge in [-0.05, 0) is 46.9 Å². The number of pyridine rings is 1. The van der Waals surface area contributed by atoms with Gasteiger partial charge in [0.2, 0.25) is 0 Å². The summed E-state index contributed by atoms with van der Waals surface area (Å²) in [6.07, 6.45) is 5.75. The van der Waals surface area contributed by atoms with Crippen LogP contribution in [0, 0.1) is 11.8 Å². The zero-order valence-corrected chi connectivity index (χ0v) is 18.2. The fraction of sp³-hybridized carbons (Fsp3) is 0.458. The average molecular weight is 446 g/mol. The highest BCUT2D eigenvalue weighted by atomic mass is 16.3. The second-order valence-corrected chi connectivity index (χ2v) is 9.48. The molecule has 1 amide bonds. The smallest absolute Gasteiger partial charge is 0.272 e. The van der Waals surface area contributed by atoms with E-state index in [1.807, 2.05) is 58.2 Å². The van der Waals surface area contributed by atoms with Crippen molar-refractivity contribution in [3.8, 4) is 0 Å². The van der Waals surface area contributed by atoms with Crippen molar-refractivity contribution in [2.24, 2.45) is 11.8 Å².